The first-order chi connectivity index (χ1) is 13.5. The predicted molar refractivity (Wildman–Crippen MR) is 116 cm³/mol. The van der Waals surface area contributed by atoms with E-state index in [1.165, 1.54) is 22.9 Å². The molecule has 0 atom stereocenters. The minimum Gasteiger partial charge on any atom is -0.486 e. The van der Waals surface area contributed by atoms with E-state index in [2.05, 4.69) is 30.6 Å². The van der Waals surface area contributed by atoms with Crippen LogP contribution in [0.3, 0.4) is 0 Å². The van der Waals surface area contributed by atoms with Gasteiger partial charge in [-0.05, 0) is 54.8 Å². The Hall–Kier alpha value is -1.95. The monoisotopic (exact) mass is 433 g/mol. The molecule has 28 heavy (non-hydrogen) atoms. The lowest BCUT2D eigenvalue weighted by Crippen LogP contribution is -2.07. The molecule has 1 aromatic heterocycles. The van der Waals surface area contributed by atoms with E-state index in [9.17, 15) is 0 Å². The van der Waals surface area contributed by atoms with Gasteiger partial charge in [0.15, 0.2) is 11.0 Å². The number of allylic oxidation sites excluding steroid dienone is 1. The van der Waals surface area contributed by atoms with E-state index in [1.54, 1.807) is 0 Å². The fourth-order valence-electron chi connectivity index (χ4n) is 2.60. The van der Waals surface area contributed by atoms with Crippen molar-refractivity contribution >= 4 is 35.0 Å². The lowest BCUT2D eigenvalue weighted by atomic mass is 10.1. The summed E-state index contributed by atoms with van der Waals surface area (Å²) in [5.41, 5.74) is 3.31. The minimum atomic E-state index is 0.330. The molecule has 0 N–H and O–H groups in total. The van der Waals surface area contributed by atoms with Crippen molar-refractivity contribution < 1.29 is 4.74 Å². The number of aromatic nitrogens is 3. The summed E-state index contributed by atoms with van der Waals surface area (Å²) >= 11 is 14.1. The van der Waals surface area contributed by atoms with Gasteiger partial charge in [0, 0.05) is 22.3 Å². The summed E-state index contributed by atoms with van der Waals surface area (Å²) in [6.45, 7) is 8.90. The Morgan fingerprint density at radius 2 is 1.86 bits per heavy atom. The number of hydrogen-bond donors (Lipinski definition) is 0. The van der Waals surface area contributed by atoms with Gasteiger partial charge in [0.05, 0.1) is 0 Å². The van der Waals surface area contributed by atoms with E-state index >= 15 is 0 Å². The molecule has 0 fully saturated rings. The van der Waals surface area contributed by atoms with Crippen LogP contribution >= 0.6 is 35.0 Å². The molecular weight excluding hydrogens is 413 g/mol. The van der Waals surface area contributed by atoms with Gasteiger partial charge in [0.25, 0.3) is 0 Å². The first-order valence-electron chi connectivity index (χ1n) is 8.78. The SMILES string of the molecule is C=CCn1c(COc2ccc(C)c(C)c2)nnc1SCc1c(Cl)cccc1Cl. The molecule has 0 aliphatic heterocycles. The average Bonchev–Trinajstić information content (AvgIpc) is 3.04. The van der Waals surface area contributed by atoms with Crippen LogP contribution in [0.25, 0.3) is 0 Å². The molecule has 0 unspecified atom stereocenters. The van der Waals surface area contributed by atoms with Crippen LogP contribution in [0.2, 0.25) is 10.0 Å². The van der Waals surface area contributed by atoms with E-state index in [0.29, 0.717) is 28.9 Å². The summed E-state index contributed by atoms with van der Waals surface area (Å²) in [5.74, 6) is 2.16. The Bertz CT molecular complexity index is 968. The molecule has 0 saturated carbocycles. The summed E-state index contributed by atoms with van der Waals surface area (Å²) in [6, 6.07) is 11.5. The van der Waals surface area contributed by atoms with Crippen LogP contribution in [0.5, 0.6) is 5.75 Å². The van der Waals surface area contributed by atoms with Crippen molar-refractivity contribution in [2.24, 2.45) is 0 Å². The Balaban J connectivity index is 1.73. The largest absolute Gasteiger partial charge is 0.486 e. The topological polar surface area (TPSA) is 39.9 Å². The summed E-state index contributed by atoms with van der Waals surface area (Å²) in [7, 11) is 0. The zero-order chi connectivity index (χ0) is 20.1. The van der Waals surface area contributed by atoms with E-state index in [-0.39, 0.29) is 0 Å². The maximum atomic E-state index is 6.27. The highest BCUT2D eigenvalue weighted by Crippen LogP contribution is 2.31. The second kappa shape index (κ2) is 9.50. The van der Waals surface area contributed by atoms with Crippen molar-refractivity contribution in [1.82, 2.24) is 14.8 Å². The van der Waals surface area contributed by atoms with E-state index in [1.807, 2.05) is 47.0 Å². The molecule has 0 aliphatic carbocycles. The Labute approximate surface area is 179 Å². The molecule has 146 valence electrons. The highest BCUT2D eigenvalue weighted by atomic mass is 35.5. The van der Waals surface area contributed by atoms with Gasteiger partial charge in [0.1, 0.15) is 12.4 Å². The van der Waals surface area contributed by atoms with Crippen LogP contribution in [0.15, 0.2) is 54.2 Å². The van der Waals surface area contributed by atoms with Crippen molar-refractivity contribution in [3.63, 3.8) is 0 Å². The van der Waals surface area contributed by atoms with Gasteiger partial charge in [-0.1, -0.05) is 53.2 Å². The van der Waals surface area contributed by atoms with Crippen molar-refractivity contribution in [2.75, 3.05) is 0 Å². The number of thioether (sulfide) groups is 1. The molecule has 0 bridgehead atoms. The lowest BCUT2D eigenvalue weighted by Gasteiger charge is -2.11. The van der Waals surface area contributed by atoms with Gasteiger partial charge in [-0.15, -0.1) is 16.8 Å². The second-order valence-corrected chi connectivity index (χ2v) is 8.08. The molecule has 3 aromatic rings. The van der Waals surface area contributed by atoms with Crippen LogP contribution in [0, 0.1) is 13.8 Å². The summed E-state index contributed by atoms with van der Waals surface area (Å²) in [5, 5.41) is 10.7. The number of aryl methyl sites for hydroxylation is 2. The molecule has 0 saturated heterocycles. The normalized spacial score (nSPS) is 10.9. The Morgan fingerprint density at radius 1 is 1.11 bits per heavy atom. The van der Waals surface area contributed by atoms with Crippen LogP contribution < -0.4 is 4.74 Å². The highest BCUT2D eigenvalue weighted by molar-refractivity contribution is 7.98. The van der Waals surface area contributed by atoms with E-state index in [4.69, 9.17) is 27.9 Å². The van der Waals surface area contributed by atoms with Gasteiger partial charge >= 0.3 is 0 Å². The standard InChI is InChI=1S/C21H21Cl2N3OS/c1-4-10-26-20(12-27-16-9-8-14(2)15(3)11-16)24-25-21(26)28-13-17-18(22)6-5-7-19(17)23/h4-9,11H,1,10,12-13H2,2-3H3. The molecule has 0 amide bonds. The van der Waals surface area contributed by atoms with Gasteiger partial charge in [-0.25, -0.2) is 0 Å². The smallest absolute Gasteiger partial charge is 0.191 e. The van der Waals surface area contributed by atoms with Crippen molar-refractivity contribution in [3.8, 4) is 5.75 Å². The quantitative estimate of drug-likeness (QED) is 0.310. The maximum Gasteiger partial charge on any atom is 0.191 e. The minimum absolute atomic E-state index is 0.330. The highest BCUT2D eigenvalue weighted by Gasteiger charge is 2.14. The average molecular weight is 434 g/mol. The van der Waals surface area contributed by atoms with Crippen LogP contribution in [0.4, 0.5) is 0 Å². The van der Waals surface area contributed by atoms with Crippen molar-refractivity contribution in [1.29, 1.82) is 0 Å². The van der Waals surface area contributed by atoms with Crippen molar-refractivity contribution in [2.45, 2.75) is 37.9 Å². The zero-order valence-electron chi connectivity index (χ0n) is 15.8. The first-order valence-corrected chi connectivity index (χ1v) is 10.5. The molecule has 7 heteroatoms. The number of hydrogen-bond acceptors (Lipinski definition) is 4. The molecule has 4 nitrogen and oxygen atoms in total. The number of ether oxygens (including phenoxy) is 1. The third-order valence-corrected chi connectivity index (χ3v) is 6.06. The molecule has 3 rings (SSSR count). The van der Waals surface area contributed by atoms with Gasteiger partial charge in [-0.3, -0.25) is 4.57 Å². The van der Waals surface area contributed by atoms with E-state index < -0.39 is 0 Å². The van der Waals surface area contributed by atoms with Crippen LogP contribution in [-0.4, -0.2) is 14.8 Å². The van der Waals surface area contributed by atoms with Crippen molar-refractivity contribution in [3.05, 3.63) is 81.6 Å². The molecule has 1 heterocycles. The van der Waals surface area contributed by atoms with Gasteiger partial charge in [0.2, 0.25) is 0 Å². The number of nitrogens with zero attached hydrogens (tertiary/aromatic N) is 3. The van der Waals surface area contributed by atoms with Gasteiger partial charge in [-0.2, -0.15) is 0 Å². The summed E-state index contributed by atoms with van der Waals surface area (Å²) < 4.78 is 7.91. The molecule has 0 radical (unpaired) electrons. The predicted octanol–water partition coefficient (Wildman–Crippen LogP) is 6.26. The fourth-order valence-corrected chi connectivity index (χ4v) is 4.31. The summed E-state index contributed by atoms with van der Waals surface area (Å²) in [6.07, 6.45) is 1.81. The maximum absolute atomic E-state index is 6.27. The Kier molecular flexibility index (Phi) is 7.05. The lowest BCUT2D eigenvalue weighted by molar-refractivity contribution is 0.289. The fraction of sp³-hybridized carbons (Fsp3) is 0.238. The molecule has 0 aliphatic rings. The van der Waals surface area contributed by atoms with Crippen LogP contribution in [0.1, 0.15) is 22.5 Å². The third-order valence-electron chi connectivity index (χ3n) is 4.36. The Morgan fingerprint density at radius 3 is 2.54 bits per heavy atom. The van der Waals surface area contributed by atoms with E-state index in [0.717, 1.165) is 22.3 Å². The number of benzene rings is 2. The zero-order valence-corrected chi connectivity index (χ0v) is 18.1. The molecule has 2 aromatic carbocycles. The number of halogens is 2. The number of rotatable bonds is 8. The third kappa shape index (κ3) is 4.90. The molecule has 0 spiro atoms. The van der Waals surface area contributed by atoms with Crippen LogP contribution in [-0.2, 0) is 18.9 Å². The van der Waals surface area contributed by atoms with Gasteiger partial charge < -0.3 is 4.74 Å². The molecular formula is C21H21Cl2N3OS. The first kappa shape index (κ1) is 20.8. The summed E-state index contributed by atoms with van der Waals surface area (Å²) in [4.78, 5) is 0. The second-order valence-electron chi connectivity index (χ2n) is 6.32.